The van der Waals surface area contributed by atoms with Crippen LogP contribution >= 0.6 is 0 Å². The molecule has 0 amide bonds. The average molecular weight is 258 g/mol. The SMILES string of the molecule is C[C@H]1CN(Cc2ccccc2)C[C@]1(N)C(F)(F)F. The summed E-state index contributed by atoms with van der Waals surface area (Å²) in [6.45, 7) is 2.33. The fraction of sp³-hybridized carbons (Fsp3) is 0.538. The Labute approximate surface area is 105 Å². The molecule has 100 valence electrons. The second kappa shape index (κ2) is 4.55. The first-order chi connectivity index (χ1) is 8.33. The minimum Gasteiger partial charge on any atom is -0.316 e. The molecule has 1 aromatic rings. The first-order valence-electron chi connectivity index (χ1n) is 5.95. The van der Waals surface area contributed by atoms with Gasteiger partial charge in [-0.2, -0.15) is 13.2 Å². The zero-order valence-corrected chi connectivity index (χ0v) is 10.2. The molecular formula is C13H17F3N2. The van der Waals surface area contributed by atoms with Crippen molar-refractivity contribution in [2.75, 3.05) is 13.1 Å². The summed E-state index contributed by atoms with van der Waals surface area (Å²) in [7, 11) is 0. The van der Waals surface area contributed by atoms with Gasteiger partial charge in [-0.15, -0.1) is 0 Å². The number of hydrogen-bond donors (Lipinski definition) is 1. The van der Waals surface area contributed by atoms with E-state index in [0.717, 1.165) is 5.56 Å². The summed E-state index contributed by atoms with van der Waals surface area (Å²) in [5.74, 6) is -0.582. The molecule has 5 heteroatoms. The van der Waals surface area contributed by atoms with Crippen LogP contribution in [0.2, 0.25) is 0 Å². The lowest BCUT2D eigenvalue weighted by atomic mass is 9.89. The van der Waals surface area contributed by atoms with Crippen LogP contribution in [0.1, 0.15) is 12.5 Å². The van der Waals surface area contributed by atoms with E-state index in [1.165, 1.54) is 0 Å². The molecule has 0 spiro atoms. The molecule has 2 rings (SSSR count). The largest absolute Gasteiger partial charge is 0.407 e. The molecule has 0 aliphatic carbocycles. The van der Waals surface area contributed by atoms with Gasteiger partial charge in [0.05, 0.1) is 0 Å². The standard InChI is InChI=1S/C13H17F3N2/c1-10-7-18(8-11-5-3-2-4-6-11)9-12(10,17)13(14,15)16/h2-6,10H,7-9,17H2,1H3/t10-,12+/m0/s1. The Kier molecular flexibility index (Phi) is 3.38. The number of nitrogens with two attached hydrogens (primary N) is 1. The molecule has 0 saturated carbocycles. The first kappa shape index (κ1) is 13.4. The van der Waals surface area contributed by atoms with Gasteiger partial charge in [-0.3, -0.25) is 4.90 Å². The zero-order chi connectivity index (χ0) is 13.4. The molecular weight excluding hydrogens is 241 g/mol. The molecule has 0 radical (unpaired) electrons. The summed E-state index contributed by atoms with van der Waals surface area (Å²) in [6, 6.07) is 9.48. The maximum absolute atomic E-state index is 13.0. The molecule has 1 aliphatic rings. The Balaban J connectivity index is 2.08. The molecule has 18 heavy (non-hydrogen) atoms. The van der Waals surface area contributed by atoms with E-state index in [1.54, 1.807) is 11.8 Å². The molecule has 1 aromatic carbocycles. The Bertz CT molecular complexity index is 404. The van der Waals surface area contributed by atoms with Gasteiger partial charge in [0, 0.05) is 19.6 Å². The van der Waals surface area contributed by atoms with Gasteiger partial charge in [-0.05, 0) is 11.5 Å². The number of hydrogen-bond acceptors (Lipinski definition) is 2. The number of halogens is 3. The second-order valence-electron chi connectivity index (χ2n) is 5.09. The fourth-order valence-corrected chi connectivity index (χ4v) is 2.47. The summed E-state index contributed by atoms with van der Waals surface area (Å²) < 4.78 is 38.9. The number of alkyl halides is 3. The van der Waals surface area contributed by atoms with Gasteiger partial charge in [-0.25, -0.2) is 0 Å². The highest BCUT2D eigenvalue weighted by atomic mass is 19.4. The predicted octanol–water partition coefficient (Wildman–Crippen LogP) is 2.40. The Hall–Kier alpha value is -1.07. The lowest BCUT2D eigenvalue weighted by Gasteiger charge is -2.30. The summed E-state index contributed by atoms with van der Waals surface area (Å²) in [6.07, 6.45) is -4.35. The minimum absolute atomic E-state index is 0.132. The number of benzene rings is 1. The van der Waals surface area contributed by atoms with Gasteiger partial charge >= 0.3 is 6.18 Å². The summed E-state index contributed by atoms with van der Waals surface area (Å²) in [5.41, 5.74) is 4.49. The highest BCUT2D eigenvalue weighted by Gasteiger charge is 2.59. The lowest BCUT2D eigenvalue weighted by molar-refractivity contribution is -0.191. The number of rotatable bonds is 2. The first-order valence-corrected chi connectivity index (χ1v) is 5.95. The van der Waals surface area contributed by atoms with Gasteiger partial charge in [0.2, 0.25) is 0 Å². The van der Waals surface area contributed by atoms with E-state index < -0.39 is 17.6 Å². The minimum atomic E-state index is -4.35. The van der Waals surface area contributed by atoms with Crippen LogP contribution in [0.4, 0.5) is 13.2 Å². The Morgan fingerprint density at radius 2 is 1.94 bits per heavy atom. The van der Waals surface area contributed by atoms with Crippen molar-refractivity contribution in [1.82, 2.24) is 4.90 Å². The van der Waals surface area contributed by atoms with E-state index in [2.05, 4.69) is 0 Å². The molecule has 1 fully saturated rings. The van der Waals surface area contributed by atoms with Crippen molar-refractivity contribution in [1.29, 1.82) is 0 Å². The monoisotopic (exact) mass is 258 g/mol. The van der Waals surface area contributed by atoms with Crippen LogP contribution in [0.5, 0.6) is 0 Å². The van der Waals surface area contributed by atoms with Crippen LogP contribution in [0, 0.1) is 5.92 Å². The summed E-state index contributed by atoms with van der Waals surface area (Å²) in [5, 5.41) is 0. The van der Waals surface area contributed by atoms with E-state index in [1.807, 2.05) is 30.3 Å². The topological polar surface area (TPSA) is 29.3 Å². The van der Waals surface area contributed by atoms with E-state index >= 15 is 0 Å². The van der Waals surface area contributed by atoms with Gasteiger partial charge in [-0.1, -0.05) is 37.3 Å². The molecule has 0 bridgehead atoms. The molecule has 2 atom stereocenters. The highest BCUT2D eigenvalue weighted by molar-refractivity contribution is 5.15. The molecule has 0 aromatic heterocycles. The van der Waals surface area contributed by atoms with E-state index in [9.17, 15) is 13.2 Å². The van der Waals surface area contributed by atoms with Crippen LogP contribution in [-0.4, -0.2) is 29.7 Å². The molecule has 0 unspecified atom stereocenters. The third kappa shape index (κ3) is 2.37. The van der Waals surface area contributed by atoms with E-state index in [0.29, 0.717) is 13.1 Å². The summed E-state index contributed by atoms with van der Waals surface area (Å²) in [4.78, 5) is 1.77. The maximum atomic E-state index is 13.0. The van der Waals surface area contributed by atoms with Gasteiger partial charge in [0.1, 0.15) is 5.54 Å². The van der Waals surface area contributed by atoms with Crippen LogP contribution in [0.15, 0.2) is 30.3 Å². The van der Waals surface area contributed by atoms with Crippen molar-refractivity contribution in [2.45, 2.75) is 25.2 Å². The highest BCUT2D eigenvalue weighted by Crippen LogP contribution is 2.39. The van der Waals surface area contributed by atoms with Crippen molar-refractivity contribution < 1.29 is 13.2 Å². The van der Waals surface area contributed by atoms with Crippen LogP contribution in [0.25, 0.3) is 0 Å². The third-order valence-corrected chi connectivity index (χ3v) is 3.67. The van der Waals surface area contributed by atoms with Gasteiger partial charge < -0.3 is 5.73 Å². The van der Waals surface area contributed by atoms with Crippen LogP contribution in [-0.2, 0) is 6.54 Å². The number of nitrogens with zero attached hydrogens (tertiary/aromatic N) is 1. The second-order valence-corrected chi connectivity index (χ2v) is 5.09. The van der Waals surface area contributed by atoms with E-state index in [4.69, 9.17) is 5.73 Å². The van der Waals surface area contributed by atoms with Crippen molar-refractivity contribution >= 4 is 0 Å². The zero-order valence-electron chi connectivity index (χ0n) is 10.2. The normalized spacial score (nSPS) is 29.7. The molecule has 1 aliphatic heterocycles. The lowest BCUT2D eigenvalue weighted by Crippen LogP contribution is -2.58. The molecule has 2 N–H and O–H groups in total. The van der Waals surface area contributed by atoms with Crippen molar-refractivity contribution in [3.05, 3.63) is 35.9 Å². The van der Waals surface area contributed by atoms with Crippen molar-refractivity contribution in [3.63, 3.8) is 0 Å². The fourth-order valence-electron chi connectivity index (χ4n) is 2.47. The molecule has 1 saturated heterocycles. The Morgan fingerprint density at radius 1 is 1.33 bits per heavy atom. The average Bonchev–Trinajstić information content (AvgIpc) is 2.56. The smallest absolute Gasteiger partial charge is 0.316 e. The third-order valence-electron chi connectivity index (χ3n) is 3.67. The Morgan fingerprint density at radius 3 is 2.44 bits per heavy atom. The van der Waals surface area contributed by atoms with Gasteiger partial charge in [0.15, 0.2) is 0 Å². The molecule has 1 heterocycles. The maximum Gasteiger partial charge on any atom is 0.407 e. The predicted molar refractivity (Wildman–Crippen MR) is 63.9 cm³/mol. The van der Waals surface area contributed by atoms with Gasteiger partial charge in [0.25, 0.3) is 0 Å². The summed E-state index contributed by atoms with van der Waals surface area (Å²) >= 11 is 0. The van der Waals surface area contributed by atoms with E-state index in [-0.39, 0.29) is 6.54 Å². The van der Waals surface area contributed by atoms with Crippen LogP contribution in [0.3, 0.4) is 0 Å². The van der Waals surface area contributed by atoms with Crippen molar-refractivity contribution in [2.24, 2.45) is 11.7 Å². The van der Waals surface area contributed by atoms with Crippen molar-refractivity contribution in [3.8, 4) is 0 Å². The quantitative estimate of drug-likeness (QED) is 0.882. The number of likely N-dealkylation sites (tertiary alicyclic amines) is 1. The van der Waals surface area contributed by atoms with Crippen LogP contribution < -0.4 is 5.73 Å². The molecule has 2 nitrogen and oxygen atoms in total.